The molecule has 12 aromatic heterocycles. The molecule has 13 rings (SSSR count). The Hall–Kier alpha value is -10.3. The van der Waals surface area contributed by atoms with Crippen LogP contribution in [-0.4, -0.2) is 142 Å². The average Bonchev–Trinajstić information content (AvgIpc) is 4.30. The van der Waals surface area contributed by atoms with Crippen LogP contribution in [0.15, 0.2) is 173 Å². The number of nitrogens with one attached hydrogen (secondary N) is 12. The molecule has 0 aliphatic rings. The quantitative estimate of drug-likeness (QED) is 0.0868. The molecule has 0 saturated heterocycles. The molecule has 394 valence electrons. The summed E-state index contributed by atoms with van der Waals surface area (Å²) in [6, 6.07) is 5.48. The van der Waals surface area contributed by atoms with Crippen LogP contribution in [0.5, 0.6) is 0 Å². The number of benzene rings is 1. The predicted molar refractivity (Wildman–Crippen MR) is 249 cm³/mol. The summed E-state index contributed by atoms with van der Waals surface area (Å²) < 4.78 is 0. The number of rotatable bonds is 2. The Morgan fingerprint density at radius 1 is 0.270 bits per heavy atom. The first kappa shape index (κ1) is 65.7. The summed E-state index contributed by atoms with van der Waals surface area (Å²) in [5.74, 6) is -2.46. The van der Waals surface area contributed by atoms with Crippen molar-refractivity contribution in [2.75, 3.05) is 0 Å². The maximum absolute atomic E-state index is 10.5. The van der Waals surface area contributed by atoms with Crippen LogP contribution in [0.3, 0.4) is 0 Å². The summed E-state index contributed by atoms with van der Waals surface area (Å²) in [4.78, 5) is 94.9. The summed E-state index contributed by atoms with van der Waals surface area (Å²) in [6.45, 7) is 0. The Kier molecular flexibility index (Phi) is 49.1. The van der Waals surface area contributed by atoms with E-state index < -0.39 is 11.9 Å². The molecule has 0 amide bonds. The van der Waals surface area contributed by atoms with Crippen LogP contribution < -0.4 is 0 Å². The Balaban J connectivity index is 0. The number of aromatic carboxylic acids is 2. The van der Waals surface area contributed by atoms with Crippen LogP contribution in [0.25, 0.3) is 0 Å². The Bertz CT molecular complexity index is 1880. The number of hydrogen-bond donors (Lipinski definition) is 14. The molecule has 0 aliphatic carbocycles. The summed E-state index contributed by atoms with van der Waals surface area (Å²) in [5, 5.41) is 17.1. The van der Waals surface area contributed by atoms with Crippen LogP contribution in [0.1, 0.15) is 20.7 Å². The summed E-state index contributed by atoms with van der Waals surface area (Å²) in [6.07, 6.45) is 70.0. The third kappa shape index (κ3) is 48.1. The Morgan fingerprint density at radius 2 is 0.392 bits per heavy atom. The van der Waals surface area contributed by atoms with Crippen molar-refractivity contribution in [2.45, 2.75) is 0 Å². The second-order valence-electron chi connectivity index (χ2n) is 10.6. The number of imidazole rings is 12. The maximum atomic E-state index is 10.5. The summed E-state index contributed by atoms with van der Waals surface area (Å²) in [7, 11) is 0. The molecule has 28 nitrogen and oxygen atoms in total. The van der Waals surface area contributed by atoms with Gasteiger partial charge in [0.25, 0.3) is 0 Å². The Morgan fingerprint density at radius 3 is 0.446 bits per heavy atom. The number of hydrogen-bond acceptors (Lipinski definition) is 14. The largest absolute Gasteiger partial charge is 0.478 e. The normalized spacial score (nSPS) is 8.00. The molecule has 0 bridgehead atoms. The van der Waals surface area contributed by atoms with Crippen LogP contribution in [0.2, 0.25) is 0 Å². The fourth-order valence-corrected chi connectivity index (χ4v) is 3.09. The van der Waals surface area contributed by atoms with Crippen LogP contribution in [-0.2, 0) is 33.0 Å². The molecular weight excluding hydrogens is 1050 g/mol. The summed E-state index contributed by atoms with van der Waals surface area (Å²) in [5.41, 5.74) is -0.380. The second-order valence-corrected chi connectivity index (χ2v) is 10.6. The zero-order valence-electron chi connectivity index (χ0n) is 37.9. The monoisotopic (exact) mass is 1090 g/mol. The topological polar surface area (TPSA) is 419 Å². The number of aromatic amines is 12. The first-order chi connectivity index (χ1) is 35.6. The van der Waals surface area contributed by atoms with Gasteiger partial charge in [0.1, 0.15) is 0 Å². The number of H-pyrrole nitrogens is 12. The van der Waals surface area contributed by atoms with Gasteiger partial charge in [0.2, 0.25) is 0 Å². The molecular formula is C44H42N24Ni2O4-12. The van der Waals surface area contributed by atoms with Gasteiger partial charge in [0.15, 0.2) is 0 Å². The van der Waals surface area contributed by atoms with E-state index >= 15 is 0 Å². The fourth-order valence-electron chi connectivity index (χ4n) is 3.09. The molecule has 1 aromatic carbocycles. The van der Waals surface area contributed by atoms with Gasteiger partial charge in [-0.2, -0.15) is 0 Å². The van der Waals surface area contributed by atoms with Gasteiger partial charge in [0.05, 0.1) is 11.1 Å². The van der Waals surface area contributed by atoms with E-state index in [1.807, 2.05) is 0 Å². The van der Waals surface area contributed by atoms with Gasteiger partial charge in [-0.25, -0.2) is 9.59 Å². The van der Waals surface area contributed by atoms with E-state index in [9.17, 15) is 9.59 Å². The molecule has 0 spiro atoms. The van der Waals surface area contributed by atoms with E-state index in [0.29, 0.717) is 0 Å². The van der Waals surface area contributed by atoms with E-state index in [-0.39, 0.29) is 44.1 Å². The minimum Gasteiger partial charge on any atom is -0.478 e. The number of carbonyl (C=O) groups is 2. The molecule has 0 fully saturated rings. The van der Waals surface area contributed by atoms with Gasteiger partial charge in [0, 0.05) is 33.0 Å². The maximum Gasteiger partial charge on any atom is 0.336 e. The molecule has 13 aromatic rings. The van der Waals surface area contributed by atoms with Crippen molar-refractivity contribution < 1.29 is 52.8 Å². The summed E-state index contributed by atoms with van der Waals surface area (Å²) >= 11 is 0. The van der Waals surface area contributed by atoms with Crippen LogP contribution >= 0.6 is 0 Å². The minimum atomic E-state index is -1.23. The molecule has 0 radical (unpaired) electrons. The number of carboxylic acid groups (broad SMARTS) is 2. The number of nitrogens with zero attached hydrogens (tertiary/aromatic N) is 12. The predicted octanol–water partition coefficient (Wildman–Crippen LogP) is 3.60. The van der Waals surface area contributed by atoms with E-state index in [4.69, 9.17) is 10.2 Å². The second kappa shape index (κ2) is 55.3. The van der Waals surface area contributed by atoms with Crippen LogP contribution in [0.4, 0.5) is 0 Å². The SMILES string of the molecule is O=C(O)c1ccccc1C(=O)O.[Ni].[Ni].[c-]1ncc[nH]1.[c-]1ncc[nH]1.[c-]1ncc[nH]1.[c-]1ncc[nH]1.[c-]1ncc[nH]1.[c-]1ncc[nH]1.[c-]1ncc[nH]1.[c-]1ncc[nH]1.[c-]1ncc[nH]1.[c-]1ncc[nH]1.[c-]1ncc[nH]1.[c-]1ncc[nH]1. The number of carboxylic acids is 2. The van der Waals surface area contributed by atoms with Gasteiger partial charge in [-0.1, -0.05) is 12.1 Å². The van der Waals surface area contributed by atoms with Crippen LogP contribution in [0, 0.1) is 75.9 Å². The van der Waals surface area contributed by atoms with E-state index in [1.165, 1.54) is 24.3 Å². The third-order valence-corrected chi connectivity index (χ3v) is 5.73. The van der Waals surface area contributed by atoms with E-state index in [1.54, 1.807) is 149 Å². The average molecular weight is 1090 g/mol. The van der Waals surface area contributed by atoms with Gasteiger partial charge < -0.3 is 130 Å². The first-order valence-electron chi connectivity index (χ1n) is 19.4. The minimum absolute atomic E-state index is 0. The van der Waals surface area contributed by atoms with Crippen molar-refractivity contribution in [2.24, 2.45) is 0 Å². The molecule has 0 aliphatic heterocycles. The molecule has 14 N–H and O–H groups in total. The van der Waals surface area contributed by atoms with Crippen molar-refractivity contribution in [3.63, 3.8) is 0 Å². The standard InChI is InChI=1S/C8H6O4.12C3H3N2.2Ni/c9-7(10)5-3-1-2-4-6(5)8(11)12;12*1-2-5-3-4-1;;/h1-4H,(H,9,10)(H,11,12);12*1-2H,(H,4,5);;/q;12*-1;;. The van der Waals surface area contributed by atoms with E-state index in [2.05, 4.69) is 196 Å². The van der Waals surface area contributed by atoms with Crippen molar-refractivity contribution in [1.29, 1.82) is 0 Å². The van der Waals surface area contributed by atoms with Crippen molar-refractivity contribution in [3.8, 4) is 0 Å². The molecule has 0 atom stereocenters. The number of aromatic nitrogens is 24. The molecule has 0 unspecified atom stereocenters. The molecule has 12 heterocycles. The Labute approximate surface area is 442 Å². The zero-order valence-corrected chi connectivity index (χ0v) is 39.9. The molecule has 30 heteroatoms. The van der Waals surface area contributed by atoms with Gasteiger partial charge in [-0.15, -0.1) is 149 Å². The van der Waals surface area contributed by atoms with Gasteiger partial charge >= 0.3 is 11.9 Å². The smallest absolute Gasteiger partial charge is 0.336 e. The van der Waals surface area contributed by atoms with Gasteiger partial charge in [-0.05, 0) is 88.1 Å². The van der Waals surface area contributed by atoms with E-state index in [0.717, 1.165) is 0 Å². The third-order valence-electron chi connectivity index (χ3n) is 5.73. The van der Waals surface area contributed by atoms with Crippen molar-refractivity contribution >= 4 is 11.9 Å². The molecule has 0 saturated carbocycles. The fraction of sp³-hybridized carbons (Fsp3) is 0. The first-order valence-corrected chi connectivity index (χ1v) is 19.4. The zero-order chi connectivity index (χ0) is 51.6. The molecule has 74 heavy (non-hydrogen) atoms. The van der Waals surface area contributed by atoms with Crippen molar-refractivity contribution in [3.05, 3.63) is 260 Å². The van der Waals surface area contributed by atoms with Gasteiger partial charge in [-0.3, -0.25) is 0 Å². The van der Waals surface area contributed by atoms with Crippen molar-refractivity contribution in [1.82, 2.24) is 120 Å².